The van der Waals surface area contributed by atoms with Crippen LogP contribution in [0.1, 0.15) is 226 Å². The first-order valence-corrected chi connectivity index (χ1v) is 21.4. The number of carbonyl (C=O) groups excluding carboxylic acids is 1. The lowest BCUT2D eigenvalue weighted by Crippen LogP contribution is -2.50. The van der Waals surface area contributed by atoms with Crippen molar-refractivity contribution < 1.29 is 9.28 Å². The van der Waals surface area contributed by atoms with Crippen LogP contribution in [0.25, 0.3) is 0 Å². The summed E-state index contributed by atoms with van der Waals surface area (Å²) in [6, 6.07) is 0. The Morgan fingerprint density at radius 3 is 1.20 bits per heavy atom. The van der Waals surface area contributed by atoms with Crippen molar-refractivity contribution >= 4 is 12.2 Å². The molecule has 0 fully saturated rings. The van der Waals surface area contributed by atoms with Gasteiger partial charge >= 0.3 is 0 Å². The third-order valence-corrected chi connectivity index (χ3v) is 10.6. The van der Waals surface area contributed by atoms with E-state index in [4.69, 9.17) is 0 Å². The minimum atomic E-state index is 0.252. The Hall–Kier alpha value is -0.900. The largest absolute Gasteiger partial charge is 0.350 e. The van der Waals surface area contributed by atoms with Crippen LogP contribution in [0.2, 0.25) is 0 Å². The summed E-state index contributed by atoms with van der Waals surface area (Å²) in [6.45, 7) is 9.66. The summed E-state index contributed by atoms with van der Waals surface area (Å²) in [5.74, 6) is 0.252. The predicted molar refractivity (Wildman–Crippen MR) is 205 cm³/mol. The van der Waals surface area contributed by atoms with E-state index in [1.807, 2.05) is 0 Å². The maximum absolute atomic E-state index is 12.4. The molecule has 0 aromatic carbocycles. The van der Waals surface area contributed by atoms with Gasteiger partial charge in [-0.15, -0.1) is 0 Å². The Kier molecular flexibility index (Phi) is 31.9. The first-order chi connectivity index (χ1) is 22.7. The van der Waals surface area contributed by atoms with Gasteiger partial charge in [0.05, 0.1) is 19.6 Å². The summed E-state index contributed by atoms with van der Waals surface area (Å²) in [5.41, 5.74) is 0. The minimum Gasteiger partial charge on any atom is -0.350 e. The number of quaternary nitrogens is 1. The van der Waals surface area contributed by atoms with Gasteiger partial charge in [0.15, 0.2) is 6.34 Å². The quantitative estimate of drug-likeness (QED) is 0.0529. The van der Waals surface area contributed by atoms with Crippen LogP contribution in [0.4, 0.5) is 0 Å². The van der Waals surface area contributed by atoms with Gasteiger partial charge in [-0.05, 0) is 19.3 Å². The molecule has 0 saturated carbocycles. The third-order valence-electron chi connectivity index (χ3n) is 10.6. The molecule has 0 aliphatic carbocycles. The third kappa shape index (κ3) is 28.1. The highest BCUT2D eigenvalue weighted by Gasteiger charge is 2.28. The first-order valence-electron chi connectivity index (χ1n) is 21.4. The SMILES string of the molecule is CCCCCCCCCCCCCCCCCCC(=O)NCC[N+]1(CCCCCCCCCCCCCCCCCC)C=NCC1. The van der Waals surface area contributed by atoms with E-state index in [0.29, 0.717) is 6.42 Å². The molecule has 0 aromatic rings. The van der Waals surface area contributed by atoms with Gasteiger partial charge in [0.2, 0.25) is 5.91 Å². The Balaban J connectivity index is 1.88. The molecule has 1 aliphatic heterocycles. The average molecular weight is 647 g/mol. The standard InChI is InChI=1S/C42H83N3O/c1-3-5-7-9-11-13-15-17-19-21-23-25-27-29-31-33-35-42(46)44-37-40-45(39-36-43-41-45)38-34-32-30-28-26-24-22-20-18-16-14-12-10-8-6-4-2/h41H,3-40H2,1-2H3/p+1. The zero-order valence-electron chi connectivity index (χ0n) is 31.8. The van der Waals surface area contributed by atoms with Crippen molar-refractivity contribution in [1.82, 2.24) is 5.32 Å². The summed E-state index contributed by atoms with van der Waals surface area (Å²) in [5, 5.41) is 3.23. The van der Waals surface area contributed by atoms with Crippen LogP contribution < -0.4 is 5.32 Å². The molecule has 46 heavy (non-hydrogen) atoms. The second kappa shape index (κ2) is 34.0. The van der Waals surface area contributed by atoms with Gasteiger partial charge in [-0.25, -0.2) is 4.99 Å². The zero-order chi connectivity index (χ0) is 33.1. The lowest BCUT2D eigenvalue weighted by atomic mass is 10.0. The first kappa shape index (κ1) is 43.1. The molecule has 1 unspecified atom stereocenters. The number of hydrogen-bond acceptors (Lipinski definition) is 2. The molecule has 1 amide bonds. The van der Waals surface area contributed by atoms with E-state index in [2.05, 4.69) is 30.5 Å². The Morgan fingerprint density at radius 1 is 0.500 bits per heavy atom. The molecule has 0 saturated heterocycles. The van der Waals surface area contributed by atoms with E-state index in [0.717, 1.165) is 37.1 Å². The normalized spacial score (nSPS) is 16.0. The maximum atomic E-state index is 12.4. The number of aliphatic imine (C=N–C) groups is 1. The molecule has 1 rings (SSSR count). The lowest BCUT2D eigenvalue weighted by Gasteiger charge is -2.30. The molecule has 1 aliphatic rings. The van der Waals surface area contributed by atoms with Crippen molar-refractivity contribution in [2.24, 2.45) is 4.99 Å². The van der Waals surface area contributed by atoms with E-state index < -0.39 is 0 Å². The second-order valence-electron chi connectivity index (χ2n) is 15.1. The predicted octanol–water partition coefficient (Wildman–Crippen LogP) is 12.9. The molecule has 0 aromatic heterocycles. The van der Waals surface area contributed by atoms with Crippen LogP contribution in [0.15, 0.2) is 4.99 Å². The van der Waals surface area contributed by atoms with Crippen LogP contribution in [0, 0.1) is 0 Å². The highest BCUT2D eigenvalue weighted by molar-refractivity contribution is 5.75. The number of amides is 1. The van der Waals surface area contributed by atoms with E-state index in [-0.39, 0.29) is 5.91 Å². The molecule has 0 radical (unpaired) electrons. The number of rotatable bonds is 37. The van der Waals surface area contributed by atoms with Crippen molar-refractivity contribution in [2.75, 3.05) is 32.7 Å². The van der Waals surface area contributed by atoms with E-state index in [1.54, 1.807) is 0 Å². The van der Waals surface area contributed by atoms with Crippen molar-refractivity contribution in [3.8, 4) is 0 Å². The van der Waals surface area contributed by atoms with Gasteiger partial charge in [-0.1, -0.05) is 200 Å². The van der Waals surface area contributed by atoms with Crippen LogP contribution in [0.5, 0.6) is 0 Å². The van der Waals surface area contributed by atoms with E-state index in [1.165, 1.54) is 206 Å². The molecule has 0 spiro atoms. The van der Waals surface area contributed by atoms with E-state index >= 15 is 0 Å². The Morgan fingerprint density at radius 2 is 0.848 bits per heavy atom. The molecular weight excluding hydrogens is 562 g/mol. The van der Waals surface area contributed by atoms with Gasteiger partial charge < -0.3 is 5.32 Å². The Bertz CT molecular complexity index is 665. The van der Waals surface area contributed by atoms with Crippen molar-refractivity contribution in [1.29, 1.82) is 0 Å². The number of nitrogens with one attached hydrogen (secondary N) is 1. The number of nitrogens with zero attached hydrogens (tertiary/aromatic N) is 2. The maximum Gasteiger partial charge on any atom is 0.220 e. The van der Waals surface area contributed by atoms with Crippen LogP contribution in [0.3, 0.4) is 0 Å². The molecule has 4 heteroatoms. The fourth-order valence-corrected chi connectivity index (χ4v) is 7.31. The summed E-state index contributed by atoms with van der Waals surface area (Å²) < 4.78 is 0.984. The molecule has 1 heterocycles. The van der Waals surface area contributed by atoms with Gasteiger partial charge in [0.1, 0.15) is 13.1 Å². The monoisotopic (exact) mass is 647 g/mol. The molecule has 272 valence electrons. The molecular formula is C42H84N3O+. The van der Waals surface area contributed by atoms with Gasteiger partial charge in [0.25, 0.3) is 0 Å². The summed E-state index contributed by atoms with van der Waals surface area (Å²) in [6.07, 6.45) is 47.5. The van der Waals surface area contributed by atoms with Crippen LogP contribution in [-0.2, 0) is 4.79 Å². The van der Waals surface area contributed by atoms with Gasteiger partial charge in [-0.2, -0.15) is 0 Å². The number of hydrogen-bond donors (Lipinski definition) is 1. The summed E-state index contributed by atoms with van der Waals surface area (Å²) in [4.78, 5) is 17.0. The molecule has 1 atom stereocenters. The van der Waals surface area contributed by atoms with Crippen LogP contribution in [-0.4, -0.2) is 49.5 Å². The number of carbonyl (C=O) groups is 1. The zero-order valence-corrected chi connectivity index (χ0v) is 31.8. The highest BCUT2D eigenvalue weighted by atomic mass is 16.1. The molecule has 0 bridgehead atoms. The van der Waals surface area contributed by atoms with Gasteiger partial charge in [0, 0.05) is 6.42 Å². The van der Waals surface area contributed by atoms with E-state index in [9.17, 15) is 4.79 Å². The number of unbranched alkanes of at least 4 members (excludes halogenated alkanes) is 30. The average Bonchev–Trinajstić information content (AvgIpc) is 3.53. The summed E-state index contributed by atoms with van der Waals surface area (Å²) >= 11 is 0. The second-order valence-corrected chi connectivity index (χ2v) is 15.1. The highest BCUT2D eigenvalue weighted by Crippen LogP contribution is 2.17. The van der Waals surface area contributed by atoms with Crippen LogP contribution >= 0.6 is 0 Å². The Labute approximate surface area is 289 Å². The molecule has 4 nitrogen and oxygen atoms in total. The van der Waals surface area contributed by atoms with Crippen molar-refractivity contribution in [3.05, 3.63) is 0 Å². The fraction of sp³-hybridized carbons (Fsp3) is 0.952. The molecule has 1 N–H and O–H groups in total. The summed E-state index contributed by atoms with van der Waals surface area (Å²) in [7, 11) is 0. The topological polar surface area (TPSA) is 41.5 Å². The van der Waals surface area contributed by atoms with Gasteiger partial charge in [-0.3, -0.25) is 9.28 Å². The fourth-order valence-electron chi connectivity index (χ4n) is 7.31. The lowest BCUT2D eigenvalue weighted by molar-refractivity contribution is -0.827. The minimum absolute atomic E-state index is 0.252. The van der Waals surface area contributed by atoms with Crippen molar-refractivity contribution in [2.45, 2.75) is 226 Å². The van der Waals surface area contributed by atoms with Crippen molar-refractivity contribution in [3.63, 3.8) is 0 Å². The smallest absolute Gasteiger partial charge is 0.220 e.